The number of nitrogens with two attached hydrogens (primary N) is 1. The molecule has 2 aliphatic rings. The Morgan fingerprint density at radius 2 is 1.47 bits per heavy atom. The van der Waals surface area contributed by atoms with Crippen LogP contribution in [-0.2, 0) is 27.2 Å². The van der Waals surface area contributed by atoms with E-state index >= 15 is 0 Å². The standard InChI is InChI=1S/C37H41N5O3/c38-34(43)24-39-23-26-16-18-42(19-17-26)33(22-25-10-13-30(14-11-25)28-6-2-1-3-7-28)35-37(45)40-32(36(44)41-35)21-27-12-15-29-8-4-5-9-31(29)20-27/h1-15,20,26,32-33,35,39H,16-19,21-24H2,(H2,38,43)(H,40,45)(H,41,44)/t32-,33?,35-/m0/s1. The first kappa shape index (κ1) is 30.5. The first-order valence-corrected chi connectivity index (χ1v) is 15.9. The van der Waals surface area contributed by atoms with Crippen LogP contribution >= 0.6 is 0 Å². The summed E-state index contributed by atoms with van der Waals surface area (Å²) in [5.41, 5.74) is 9.71. The van der Waals surface area contributed by atoms with Gasteiger partial charge in [0.1, 0.15) is 12.1 Å². The summed E-state index contributed by atoms with van der Waals surface area (Å²) in [6.07, 6.45) is 2.93. The monoisotopic (exact) mass is 603 g/mol. The Labute approximate surface area is 264 Å². The highest BCUT2D eigenvalue weighted by molar-refractivity contribution is 5.97. The van der Waals surface area contributed by atoms with Gasteiger partial charge in [0.25, 0.3) is 0 Å². The Hall–Kier alpha value is -4.53. The molecule has 1 unspecified atom stereocenters. The number of likely N-dealkylation sites (tertiary alicyclic amines) is 1. The lowest BCUT2D eigenvalue weighted by Crippen LogP contribution is -2.68. The summed E-state index contributed by atoms with van der Waals surface area (Å²) in [4.78, 5) is 40.7. The molecule has 2 aliphatic heterocycles. The van der Waals surface area contributed by atoms with Gasteiger partial charge in [-0.15, -0.1) is 0 Å². The Bertz CT molecular complexity index is 1630. The third-order valence-corrected chi connectivity index (χ3v) is 9.21. The summed E-state index contributed by atoms with van der Waals surface area (Å²) in [7, 11) is 0. The zero-order valence-electron chi connectivity index (χ0n) is 25.5. The Balaban J connectivity index is 1.16. The zero-order valence-corrected chi connectivity index (χ0v) is 25.5. The second-order valence-corrected chi connectivity index (χ2v) is 12.3. The van der Waals surface area contributed by atoms with Gasteiger partial charge in [-0.2, -0.15) is 0 Å². The molecule has 4 aromatic carbocycles. The number of fused-ring (bicyclic) bond motifs is 1. The van der Waals surface area contributed by atoms with Gasteiger partial charge >= 0.3 is 0 Å². The van der Waals surface area contributed by atoms with Crippen molar-refractivity contribution in [3.8, 4) is 11.1 Å². The summed E-state index contributed by atoms with van der Waals surface area (Å²) in [6, 6.07) is 31.6. The predicted octanol–water partition coefficient (Wildman–Crippen LogP) is 3.43. The van der Waals surface area contributed by atoms with Gasteiger partial charge < -0.3 is 21.7 Å². The molecule has 4 aromatic rings. The number of carbonyl (C=O) groups is 3. The fourth-order valence-corrected chi connectivity index (χ4v) is 6.71. The summed E-state index contributed by atoms with van der Waals surface area (Å²) in [5, 5.41) is 11.6. The minimum absolute atomic E-state index is 0.142. The van der Waals surface area contributed by atoms with Crippen molar-refractivity contribution in [1.82, 2.24) is 20.9 Å². The van der Waals surface area contributed by atoms with E-state index in [0.717, 1.165) is 65.5 Å². The molecule has 8 heteroatoms. The maximum Gasteiger partial charge on any atom is 0.244 e. The highest BCUT2D eigenvalue weighted by Gasteiger charge is 2.41. The van der Waals surface area contributed by atoms with Crippen molar-refractivity contribution < 1.29 is 14.4 Å². The minimum atomic E-state index is -0.663. The van der Waals surface area contributed by atoms with Crippen molar-refractivity contribution in [1.29, 1.82) is 0 Å². The molecule has 232 valence electrons. The maximum absolute atomic E-state index is 13.7. The number of carbonyl (C=O) groups excluding carboxylic acids is 3. The molecular weight excluding hydrogens is 562 g/mol. The van der Waals surface area contributed by atoms with Gasteiger partial charge in [-0.05, 0) is 77.8 Å². The van der Waals surface area contributed by atoms with Crippen molar-refractivity contribution in [3.63, 3.8) is 0 Å². The van der Waals surface area contributed by atoms with Crippen LogP contribution < -0.4 is 21.7 Å². The number of benzene rings is 4. The van der Waals surface area contributed by atoms with Gasteiger partial charge in [0.05, 0.1) is 6.54 Å². The fraction of sp³-hybridized carbons (Fsp3) is 0.324. The third kappa shape index (κ3) is 7.59. The smallest absolute Gasteiger partial charge is 0.244 e. The number of primary amides is 1. The largest absolute Gasteiger partial charge is 0.369 e. The van der Waals surface area contributed by atoms with Crippen LogP contribution in [0.3, 0.4) is 0 Å². The second-order valence-electron chi connectivity index (χ2n) is 12.3. The summed E-state index contributed by atoms with van der Waals surface area (Å²) >= 11 is 0. The Morgan fingerprint density at radius 3 is 2.20 bits per heavy atom. The molecule has 0 bridgehead atoms. The minimum Gasteiger partial charge on any atom is -0.369 e. The average Bonchev–Trinajstić information content (AvgIpc) is 3.06. The number of nitrogens with zero attached hydrogens (tertiary/aromatic N) is 1. The number of hydrogen-bond donors (Lipinski definition) is 4. The van der Waals surface area contributed by atoms with E-state index in [4.69, 9.17) is 5.73 Å². The quantitative estimate of drug-likeness (QED) is 0.210. The van der Waals surface area contributed by atoms with E-state index in [-0.39, 0.29) is 30.3 Å². The molecule has 6 rings (SSSR count). The second kappa shape index (κ2) is 14.1. The molecule has 3 amide bonds. The SMILES string of the molecule is NC(=O)CNCC1CCN(C(Cc2ccc(-c3ccccc3)cc2)[C@@H]2NC(=O)[C@H](Cc3ccc4ccccc4c3)NC2=O)CC1. The highest BCUT2D eigenvalue weighted by Crippen LogP contribution is 2.26. The van der Waals surface area contributed by atoms with Gasteiger partial charge in [0, 0.05) is 12.5 Å². The molecule has 0 spiro atoms. The van der Waals surface area contributed by atoms with Crippen LogP contribution in [0.4, 0.5) is 0 Å². The molecule has 2 fully saturated rings. The van der Waals surface area contributed by atoms with Crippen molar-refractivity contribution in [3.05, 3.63) is 108 Å². The van der Waals surface area contributed by atoms with Gasteiger partial charge in [0.15, 0.2) is 0 Å². The topological polar surface area (TPSA) is 117 Å². The van der Waals surface area contributed by atoms with Crippen molar-refractivity contribution in [2.24, 2.45) is 11.7 Å². The molecule has 5 N–H and O–H groups in total. The molecule has 2 saturated heterocycles. The molecule has 8 nitrogen and oxygen atoms in total. The van der Waals surface area contributed by atoms with Crippen LogP contribution in [0.25, 0.3) is 21.9 Å². The number of hydrogen-bond acceptors (Lipinski definition) is 5. The van der Waals surface area contributed by atoms with E-state index in [9.17, 15) is 14.4 Å². The fourth-order valence-electron chi connectivity index (χ4n) is 6.71. The number of nitrogens with one attached hydrogen (secondary N) is 3. The Kier molecular flexibility index (Phi) is 9.52. The lowest BCUT2D eigenvalue weighted by atomic mass is 9.89. The first-order valence-electron chi connectivity index (χ1n) is 15.9. The number of piperazine rings is 1. The molecule has 45 heavy (non-hydrogen) atoms. The summed E-state index contributed by atoms with van der Waals surface area (Å²) in [6.45, 7) is 2.52. The van der Waals surface area contributed by atoms with Crippen molar-refractivity contribution >= 4 is 28.5 Å². The first-order chi connectivity index (χ1) is 21.9. The number of piperidine rings is 1. The van der Waals surface area contributed by atoms with Crippen LogP contribution in [0.2, 0.25) is 0 Å². The van der Waals surface area contributed by atoms with E-state index in [1.54, 1.807) is 0 Å². The van der Waals surface area contributed by atoms with E-state index in [1.807, 2.05) is 36.4 Å². The average molecular weight is 604 g/mol. The van der Waals surface area contributed by atoms with Crippen LogP contribution in [0.5, 0.6) is 0 Å². The van der Waals surface area contributed by atoms with Crippen LogP contribution in [0.15, 0.2) is 97.1 Å². The zero-order chi connectivity index (χ0) is 31.2. The van der Waals surface area contributed by atoms with Gasteiger partial charge in [-0.1, -0.05) is 97.1 Å². The number of rotatable bonds is 11. The predicted molar refractivity (Wildman–Crippen MR) is 177 cm³/mol. The lowest BCUT2D eigenvalue weighted by Gasteiger charge is -2.43. The maximum atomic E-state index is 13.7. The van der Waals surface area contributed by atoms with Crippen LogP contribution in [-0.4, -0.2) is 66.9 Å². The van der Waals surface area contributed by atoms with Gasteiger partial charge in [-0.3, -0.25) is 19.3 Å². The van der Waals surface area contributed by atoms with Crippen LogP contribution in [0.1, 0.15) is 24.0 Å². The summed E-state index contributed by atoms with van der Waals surface area (Å²) in [5.74, 6) is -0.226. The summed E-state index contributed by atoms with van der Waals surface area (Å²) < 4.78 is 0. The molecule has 0 aromatic heterocycles. The molecule has 0 radical (unpaired) electrons. The molecule has 2 heterocycles. The third-order valence-electron chi connectivity index (χ3n) is 9.21. The Morgan fingerprint density at radius 1 is 0.800 bits per heavy atom. The molecular formula is C37H41N5O3. The van der Waals surface area contributed by atoms with E-state index < -0.39 is 12.1 Å². The number of amides is 3. The van der Waals surface area contributed by atoms with Gasteiger partial charge in [0.2, 0.25) is 17.7 Å². The van der Waals surface area contributed by atoms with E-state index in [2.05, 4.69) is 81.5 Å². The molecule has 0 aliphatic carbocycles. The highest BCUT2D eigenvalue weighted by atomic mass is 16.2. The molecule has 0 saturated carbocycles. The van der Waals surface area contributed by atoms with Crippen molar-refractivity contribution in [2.75, 3.05) is 26.2 Å². The normalized spacial score (nSPS) is 20.0. The van der Waals surface area contributed by atoms with Crippen molar-refractivity contribution in [2.45, 2.75) is 43.8 Å². The lowest BCUT2D eigenvalue weighted by molar-refractivity contribution is -0.138. The van der Waals surface area contributed by atoms with Gasteiger partial charge in [-0.25, -0.2) is 0 Å². The van der Waals surface area contributed by atoms with Crippen LogP contribution in [0, 0.1) is 5.92 Å². The van der Waals surface area contributed by atoms with E-state index in [0.29, 0.717) is 18.8 Å². The molecule has 3 atom stereocenters. The van der Waals surface area contributed by atoms with E-state index in [1.165, 1.54) is 0 Å².